The minimum Gasteiger partial charge on any atom is -0.272 e. The third-order valence-electron chi connectivity index (χ3n) is 4.73. The van der Waals surface area contributed by atoms with Crippen LogP contribution in [0.5, 0.6) is 0 Å². The fourth-order valence-electron chi connectivity index (χ4n) is 3.54. The molecule has 2 amide bonds. The van der Waals surface area contributed by atoms with Gasteiger partial charge < -0.3 is 0 Å². The van der Waals surface area contributed by atoms with E-state index in [0.717, 1.165) is 10.0 Å². The summed E-state index contributed by atoms with van der Waals surface area (Å²) in [6, 6.07) is 12.5. The molecule has 0 aromatic heterocycles. The van der Waals surface area contributed by atoms with Gasteiger partial charge in [-0.25, -0.2) is 9.89 Å². The number of hydrogen-bond donors (Lipinski definition) is 0. The number of hydrogen-bond acceptors (Lipinski definition) is 3. The summed E-state index contributed by atoms with van der Waals surface area (Å²) in [5, 5.41) is 0.812. The topological polar surface area (TPSA) is 53.0 Å². The van der Waals surface area contributed by atoms with Crippen LogP contribution >= 0.6 is 39.1 Å². The number of rotatable bonds is 3. The Kier molecular flexibility index (Phi) is 4.53. The van der Waals surface area contributed by atoms with Crippen molar-refractivity contribution in [2.24, 2.45) is 4.99 Å². The van der Waals surface area contributed by atoms with Crippen LogP contribution in [0.25, 0.3) is 0 Å². The summed E-state index contributed by atoms with van der Waals surface area (Å²) in [6.45, 7) is 1.78. The van der Waals surface area contributed by atoms with Crippen molar-refractivity contribution in [3.63, 3.8) is 0 Å². The summed E-state index contributed by atoms with van der Waals surface area (Å²) in [7, 11) is 0. The first kappa shape index (κ1) is 18.5. The monoisotopic (exact) mass is 465 g/mol. The van der Waals surface area contributed by atoms with Crippen molar-refractivity contribution >= 4 is 62.6 Å². The number of carbonyl (C=O) groups is 2. The number of carbonyl (C=O) groups excluding carboxylic acids is 2. The lowest BCUT2D eigenvalue weighted by Crippen LogP contribution is -2.50. The lowest BCUT2D eigenvalue weighted by molar-refractivity contribution is -0.135. The van der Waals surface area contributed by atoms with Crippen LogP contribution in [0.3, 0.4) is 0 Å². The standard InChI is InChI=1S/C19H14BrCl2N3O2/c1-19(9-11-2-4-12(20)5-3-11)17(27)24(18-23-10-16(26)25(18)19)15-7-13(21)6-14(22)8-15/h2-8H,9-10H2,1H3. The first-order valence-electron chi connectivity index (χ1n) is 8.22. The fourth-order valence-corrected chi connectivity index (χ4v) is 4.32. The molecule has 138 valence electrons. The predicted octanol–water partition coefficient (Wildman–Crippen LogP) is 4.30. The summed E-state index contributed by atoms with van der Waals surface area (Å²) >= 11 is 15.6. The number of anilines is 1. The molecule has 0 bridgehead atoms. The Morgan fingerprint density at radius 1 is 1.11 bits per heavy atom. The average molecular weight is 467 g/mol. The van der Waals surface area contributed by atoms with Gasteiger partial charge in [-0.05, 0) is 42.8 Å². The van der Waals surface area contributed by atoms with E-state index in [4.69, 9.17) is 23.2 Å². The number of amides is 2. The molecule has 1 fully saturated rings. The number of benzene rings is 2. The van der Waals surface area contributed by atoms with Crippen molar-refractivity contribution in [1.29, 1.82) is 0 Å². The van der Waals surface area contributed by atoms with E-state index < -0.39 is 5.54 Å². The van der Waals surface area contributed by atoms with Crippen molar-refractivity contribution in [2.75, 3.05) is 11.4 Å². The van der Waals surface area contributed by atoms with Gasteiger partial charge in [0.25, 0.3) is 11.8 Å². The molecule has 4 rings (SSSR count). The van der Waals surface area contributed by atoms with Crippen molar-refractivity contribution in [3.05, 3.63) is 62.5 Å². The zero-order valence-corrected chi connectivity index (χ0v) is 17.3. The fraction of sp³-hybridized carbons (Fsp3) is 0.211. The van der Waals surface area contributed by atoms with Gasteiger partial charge in [0.2, 0.25) is 5.96 Å². The molecule has 2 aromatic carbocycles. The van der Waals surface area contributed by atoms with Crippen LogP contribution in [0.2, 0.25) is 10.0 Å². The minimum atomic E-state index is -1.07. The lowest BCUT2D eigenvalue weighted by Gasteiger charge is -2.29. The van der Waals surface area contributed by atoms with E-state index in [2.05, 4.69) is 20.9 Å². The summed E-state index contributed by atoms with van der Waals surface area (Å²) in [5.74, 6) is -0.118. The van der Waals surface area contributed by atoms with E-state index in [1.165, 1.54) is 9.80 Å². The second kappa shape index (κ2) is 6.62. The highest BCUT2D eigenvalue weighted by molar-refractivity contribution is 9.10. The Labute approximate surface area is 174 Å². The molecule has 1 unspecified atom stereocenters. The van der Waals surface area contributed by atoms with E-state index in [-0.39, 0.29) is 18.4 Å². The Hall–Kier alpha value is -1.89. The second-order valence-corrected chi connectivity index (χ2v) is 8.48. The minimum absolute atomic E-state index is 0.0172. The highest BCUT2D eigenvalue weighted by Gasteiger charge is 2.57. The second-order valence-electron chi connectivity index (χ2n) is 6.69. The maximum Gasteiger partial charge on any atom is 0.260 e. The number of halogens is 3. The molecule has 0 N–H and O–H groups in total. The smallest absolute Gasteiger partial charge is 0.260 e. The highest BCUT2D eigenvalue weighted by atomic mass is 79.9. The first-order chi connectivity index (χ1) is 12.8. The Morgan fingerprint density at radius 3 is 2.37 bits per heavy atom. The van der Waals surface area contributed by atoms with Crippen molar-refractivity contribution in [3.8, 4) is 0 Å². The van der Waals surface area contributed by atoms with Gasteiger partial charge in [0, 0.05) is 20.9 Å². The number of nitrogens with zero attached hydrogens (tertiary/aromatic N) is 3. The van der Waals surface area contributed by atoms with E-state index >= 15 is 0 Å². The SMILES string of the molecule is CC1(Cc2ccc(Br)cc2)C(=O)N(c2cc(Cl)cc(Cl)c2)C2=NCC(=O)N21. The normalized spacial score (nSPS) is 21.7. The van der Waals surface area contributed by atoms with E-state index in [1.54, 1.807) is 25.1 Å². The molecule has 2 aromatic rings. The van der Waals surface area contributed by atoms with Gasteiger partial charge >= 0.3 is 0 Å². The molecule has 2 heterocycles. The molecule has 0 aliphatic carbocycles. The highest BCUT2D eigenvalue weighted by Crippen LogP contribution is 2.38. The largest absolute Gasteiger partial charge is 0.272 e. The van der Waals surface area contributed by atoms with Crippen LogP contribution in [-0.2, 0) is 16.0 Å². The summed E-state index contributed by atoms with van der Waals surface area (Å²) in [4.78, 5) is 33.2. The third kappa shape index (κ3) is 3.06. The summed E-state index contributed by atoms with van der Waals surface area (Å²) in [5.41, 5.74) is 0.365. The average Bonchev–Trinajstić information content (AvgIpc) is 3.07. The van der Waals surface area contributed by atoms with Crippen LogP contribution in [0.1, 0.15) is 12.5 Å². The van der Waals surface area contributed by atoms with Crippen molar-refractivity contribution < 1.29 is 9.59 Å². The molecule has 0 radical (unpaired) electrons. The zero-order valence-electron chi connectivity index (χ0n) is 14.2. The maximum atomic E-state index is 13.4. The molecule has 8 heteroatoms. The molecule has 2 aliphatic heterocycles. The van der Waals surface area contributed by atoms with Gasteiger partial charge in [-0.1, -0.05) is 51.3 Å². The Morgan fingerprint density at radius 2 is 1.74 bits per heavy atom. The van der Waals surface area contributed by atoms with Crippen LogP contribution in [-0.4, -0.2) is 34.8 Å². The Balaban J connectivity index is 1.79. The van der Waals surface area contributed by atoms with E-state index in [1.807, 2.05) is 24.3 Å². The third-order valence-corrected chi connectivity index (χ3v) is 5.69. The quantitative estimate of drug-likeness (QED) is 0.676. The van der Waals surface area contributed by atoms with Gasteiger partial charge in [-0.3, -0.25) is 14.5 Å². The lowest BCUT2D eigenvalue weighted by atomic mass is 9.91. The van der Waals surface area contributed by atoms with Gasteiger partial charge in [0.1, 0.15) is 12.1 Å². The molecule has 0 saturated carbocycles. The summed E-state index contributed by atoms with van der Waals surface area (Å²) in [6.07, 6.45) is 0.370. The molecule has 5 nitrogen and oxygen atoms in total. The van der Waals surface area contributed by atoms with Crippen molar-refractivity contribution in [2.45, 2.75) is 18.9 Å². The van der Waals surface area contributed by atoms with Crippen LogP contribution in [0, 0.1) is 0 Å². The number of aliphatic imine (C=N–C) groups is 1. The summed E-state index contributed by atoms with van der Waals surface area (Å²) < 4.78 is 0.948. The number of fused-ring (bicyclic) bond motifs is 1. The van der Waals surface area contributed by atoms with Crippen LogP contribution < -0.4 is 4.90 Å². The molecule has 1 atom stereocenters. The number of guanidine groups is 1. The van der Waals surface area contributed by atoms with Crippen LogP contribution in [0.4, 0.5) is 5.69 Å². The first-order valence-corrected chi connectivity index (χ1v) is 9.77. The maximum absolute atomic E-state index is 13.4. The van der Waals surface area contributed by atoms with Crippen molar-refractivity contribution in [1.82, 2.24) is 4.90 Å². The molecular weight excluding hydrogens is 453 g/mol. The van der Waals surface area contributed by atoms with Gasteiger partial charge in [0.05, 0.1) is 5.69 Å². The molecule has 2 aliphatic rings. The predicted molar refractivity (Wildman–Crippen MR) is 109 cm³/mol. The Bertz CT molecular complexity index is 973. The van der Waals surface area contributed by atoms with E-state index in [0.29, 0.717) is 28.1 Å². The molecular formula is C19H14BrCl2N3O2. The zero-order chi connectivity index (χ0) is 19.3. The van der Waals surface area contributed by atoms with Gasteiger partial charge in [0.15, 0.2) is 0 Å². The van der Waals surface area contributed by atoms with Gasteiger partial charge in [-0.15, -0.1) is 0 Å². The molecule has 27 heavy (non-hydrogen) atoms. The molecule has 1 saturated heterocycles. The van der Waals surface area contributed by atoms with Gasteiger partial charge in [-0.2, -0.15) is 0 Å². The molecule has 0 spiro atoms. The van der Waals surface area contributed by atoms with Crippen LogP contribution in [0.15, 0.2) is 51.9 Å². The van der Waals surface area contributed by atoms with E-state index in [9.17, 15) is 9.59 Å².